The van der Waals surface area contributed by atoms with Gasteiger partial charge in [-0.1, -0.05) is 17.8 Å². The van der Waals surface area contributed by atoms with E-state index in [1.807, 2.05) is 32.9 Å². The molecule has 2 amide bonds. The highest BCUT2D eigenvalue weighted by atomic mass is 32.2. The molecule has 1 aromatic carbocycles. The summed E-state index contributed by atoms with van der Waals surface area (Å²) in [4.78, 5) is 24.3. The Hall–Kier alpha value is -3.54. The predicted molar refractivity (Wildman–Crippen MR) is 117 cm³/mol. The molecule has 12 heteroatoms. The standard InChI is InChI=1S/C19H24N8O3S/c1-11-5-6-15(30-4)14(7-11)22-16(28)9-21-17(29)10-31-19-24-23-18(26(19)20)27-13(3)8-12(2)25-27/h5-8H,9-10,20H2,1-4H3,(H,21,29)(H,22,28). The van der Waals surface area contributed by atoms with Gasteiger partial charge in [-0.2, -0.15) is 5.10 Å². The van der Waals surface area contributed by atoms with Gasteiger partial charge in [0.1, 0.15) is 5.75 Å². The molecule has 4 N–H and O–H groups in total. The molecule has 0 saturated carbocycles. The topological polar surface area (TPSA) is 142 Å². The van der Waals surface area contributed by atoms with E-state index in [2.05, 4.69) is 25.9 Å². The van der Waals surface area contributed by atoms with Crippen LogP contribution in [-0.4, -0.2) is 55.9 Å². The number of benzene rings is 1. The molecule has 2 aromatic heterocycles. The van der Waals surface area contributed by atoms with Gasteiger partial charge in [-0.05, 0) is 44.5 Å². The highest BCUT2D eigenvalue weighted by molar-refractivity contribution is 7.99. The Morgan fingerprint density at radius 3 is 2.61 bits per heavy atom. The van der Waals surface area contributed by atoms with Crippen LogP contribution < -0.4 is 21.2 Å². The number of anilines is 1. The molecule has 3 rings (SSSR count). The van der Waals surface area contributed by atoms with Crippen LogP contribution in [0.3, 0.4) is 0 Å². The highest BCUT2D eigenvalue weighted by Crippen LogP contribution is 2.25. The van der Waals surface area contributed by atoms with Gasteiger partial charge < -0.3 is 21.2 Å². The Labute approximate surface area is 183 Å². The average Bonchev–Trinajstić information content (AvgIpc) is 3.25. The number of carbonyl (C=O) groups excluding carboxylic acids is 2. The number of nitrogens with two attached hydrogens (primary N) is 1. The molecule has 3 aromatic rings. The van der Waals surface area contributed by atoms with Crippen molar-refractivity contribution in [1.29, 1.82) is 0 Å². The zero-order valence-corrected chi connectivity index (χ0v) is 18.5. The number of nitrogens with zero attached hydrogens (tertiary/aromatic N) is 5. The summed E-state index contributed by atoms with van der Waals surface area (Å²) >= 11 is 1.11. The first-order valence-electron chi connectivity index (χ1n) is 9.36. The number of amides is 2. The maximum atomic E-state index is 12.2. The summed E-state index contributed by atoms with van der Waals surface area (Å²) in [5.74, 6) is 6.26. The van der Waals surface area contributed by atoms with E-state index in [1.165, 1.54) is 11.8 Å². The number of hydrogen-bond donors (Lipinski definition) is 3. The highest BCUT2D eigenvalue weighted by Gasteiger charge is 2.16. The van der Waals surface area contributed by atoms with Crippen LogP contribution in [0.2, 0.25) is 0 Å². The molecule has 0 bridgehead atoms. The van der Waals surface area contributed by atoms with Gasteiger partial charge in [0, 0.05) is 5.69 Å². The maximum absolute atomic E-state index is 12.2. The second-order valence-corrected chi connectivity index (χ2v) is 7.75. The van der Waals surface area contributed by atoms with Crippen LogP contribution in [0.15, 0.2) is 29.4 Å². The van der Waals surface area contributed by atoms with Crippen molar-refractivity contribution < 1.29 is 14.3 Å². The minimum atomic E-state index is -0.365. The molecule has 0 unspecified atom stereocenters. The van der Waals surface area contributed by atoms with Crippen LogP contribution in [0, 0.1) is 20.8 Å². The molecule has 164 valence electrons. The fraction of sp³-hybridized carbons (Fsp3) is 0.316. The van der Waals surface area contributed by atoms with Crippen molar-refractivity contribution in [2.45, 2.75) is 25.9 Å². The van der Waals surface area contributed by atoms with E-state index in [9.17, 15) is 9.59 Å². The van der Waals surface area contributed by atoms with Gasteiger partial charge in [0.15, 0.2) is 0 Å². The van der Waals surface area contributed by atoms with Crippen molar-refractivity contribution in [1.82, 2.24) is 30.0 Å². The number of nitrogen functional groups attached to an aromatic ring is 1. The van der Waals surface area contributed by atoms with Gasteiger partial charge in [-0.25, -0.2) is 9.36 Å². The number of nitrogens with one attached hydrogen (secondary N) is 2. The second-order valence-electron chi connectivity index (χ2n) is 6.81. The summed E-state index contributed by atoms with van der Waals surface area (Å²) in [6.07, 6.45) is 0. The van der Waals surface area contributed by atoms with E-state index in [-0.39, 0.29) is 24.1 Å². The van der Waals surface area contributed by atoms with Crippen molar-refractivity contribution in [3.05, 3.63) is 41.2 Å². The Balaban J connectivity index is 1.51. The molecule has 0 spiro atoms. The fourth-order valence-corrected chi connectivity index (χ4v) is 3.50. The van der Waals surface area contributed by atoms with Gasteiger partial charge in [0.25, 0.3) is 5.95 Å². The largest absolute Gasteiger partial charge is 0.495 e. The number of thioether (sulfide) groups is 1. The number of carbonyl (C=O) groups is 2. The van der Waals surface area contributed by atoms with Gasteiger partial charge in [0.2, 0.25) is 17.0 Å². The summed E-state index contributed by atoms with van der Waals surface area (Å²) in [5.41, 5.74) is 3.21. The summed E-state index contributed by atoms with van der Waals surface area (Å²) in [5, 5.41) is 18.0. The van der Waals surface area contributed by atoms with Crippen LogP contribution in [0.5, 0.6) is 5.75 Å². The van der Waals surface area contributed by atoms with Gasteiger partial charge in [-0.3, -0.25) is 9.59 Å². The normalized spacial score (nSPS) is 10.7. The maximum Gasteiger partial charge on any atom is 0.271 e. The lowest BCUT2D eigenvalue weighted by Crippen LogP contribution is -2.34. The fourth-order valence-electron chi connectivity index (χ4n) is 2.82. The second kappa shape index (κ2) is 9.51. The number of aromatic nitrogens is 5. The minimum absolute atomic E-state index is 0.0213. The monoisotopic (exact) mass is 444 g/mol. The van der Waals surface area contributed by atoms with E-state index in [0.29, 0.717) is 22.5 Å². The van der Waals surface area contributed by atoms with Gasteiger partial charge in [-0.15, -0.1) is 10.2 Å². The molecule has 31 heavy (non-hydrogen) atoms. The Morgan fingerprint density at radius 1 is 1.16 bits per heavy atom. The lowest BCUT2D eigenvalue weighted by Gasteiger charge is -2.11. The molecular formula is C19H24N8O3S. The van der Waals surface area contributed by atoms with Crippen molar-refractivity contribution in [3.8, 4) is 11.7 Å². The first-order chi connectivity index (χ1) is 14.8. The number of rotatable bonds is 8. The molecule has 0 fully saturated rings. The SMILES string of the molecule is COc1ccc(C)cc1NC(=O)CNC(=O)CSc1nnc(-n2nc(C)cc2C)n1N. The van der Waals surface area contributed by atoms with E-state index >= 15 is 0 Å². The third kappa shape index (κ3) is 5.34. The lowest BCUT2D eigenvalue weighted by atomic mass is 10.2. The summed E-state index contributed by atoms with van der Waals surface area (Å²) in [6, 6.07) is 7.34. The van der Waals surface area contributed by atoms with Crippen molar-refractivity contribution >= 4 is 29.3 Å². The van der Waals surface area contributed by atoms with E-state index in [1.54, 1.807) is 16.8 Å². The minimum Gasteiger partial charge on any atom is -0.495 e. The lowest BCUT2D eigenvalue weighted by molar-refractivity contribution is -0.122. The van der Waals surface area contributed by atoms with E-state index < -0.39 is 0 Å². The van der Waals surface area contributed by atoms with Crippen LogP contribution in [-0.2, 0) is 9.59 Å². The Kier molecular flexibility index (Phi) is 6.80. The Morgan fingerprint density at radius 2 is 1.94 bits per heavy atom. The van der Waals surface area contributed by atoms with Crippen molar-refractivity contribution in [2.24, 2.45) is 0 Å². The molecule has 0 atom stereocenters. The molecular weight excluding hydrogens is 420 g/mol. The van der Waals surface area contributed by atoms with Crippen LogP contribution >= 0.6 is 11.8 Å². The Bertz CT molecular complexity index is 1110. The van der Waals surface area contributed by atoms with Gasteiger partial charge in [0.05, 0.1) is 30.8 Å². The molecule has 11 nitrogen and oxygen atoms in total. The van der Waals surface area contributed by atoms with Crippen LogP contribution in [0.25, 0.3) is 5.95 Å². The zero-order valence-electron chi connectivity index (χ0n) is 17.7. The van der Waals surface area contributed by atoms with Gasteiger partial charge >= 0.3 is 0 Å². The molecule has 0 aliphatic heterocycles. The number of hydrogen-bond acceptors (Lipinski definition) is 8. The number of aryl methyl sites for hydroxylation is 3. The van der Waals surface area contributed by atoms with E-state index in [0.717, 1.165) is 28.7 Å². The first kappa shape index (κ1) is 22.2. The van der Waals surface area contributed by atoms with Crippen molar-refractivity contribution in [2.75, 3.05) is 30.6 Å². The number of methoxy groups -OCH3 is 1. The summed E-state index contributed by atoms with van der Waals surface area (Å²) in [7, 11) is 1.52. The first-order valence-corrected chi connectivity index (χ1v) is 10.3. The number of ether oxygens (including phenoxy) is 1. The zero-order chi connectivity index (χ0) is 22.5. The molecule has 0 aliphatic carbocycles. The third-order valence-electron chi connectivity index (χ3n) is 4.25. The summed E-state index contributed by atoms with van der Waals surface area (Å²) < 4.78 is 8.08. The molecule has 0 radical (unpaired) electrons. The third-order valence-corrected chi connectivity index (χ3v) is 5.20. The van der Waals surface area contributed by atoms with Crippen LogP contribution in [0.1, 0.15) is 17.0 Å². The molecule has 2 heterocycles. The smallest absolute Gasteiger partial charge is 0.271 e. The average molecular weight is 445 g/mol. The van der Waals surface area contributed by atoms with Crippen molar-refractivity contribution in [3.63, 3.8) is 0 Å². The van der Waals surface area contributed by atoms with E-state index in [4.69, 9.17) is 10.6 Å². The van der Waals surface area contributed by atoms with Crippen LogP contribution in [0.4, 0.5) is 5.69 Å². The summed E-state index contributed by atoms with van der Waals surface area (Å²) in [6.45, 7) is 5.48. The quantitative estimate of drug-likeness (QED) is 0.344. The predicted octanol–water partition coefficient (Wildman–Crippen LogP) is 0.958. The molecule has 0 aliphatic rings. The molecule has 0 saturated heterocycles.